The second-order valence-electron chi connectivity index (χ2n) is 7.15. The summed E-state index contributed by atoms with van der Waals surface area (Å²) in [6.07, 6.45) is 3.27. The Balaban J connectivity index is 1.55. The van der Waals surface area contributed by atoms with Crippen molar-refractivity contribution in [2.75, 3.05) is 20.7 Å². The minimum atomic E-state index is -0.146. The number of benzene rings is 3. The van der Waals surface area contributed by atoms with Crippen LogP contribution in [0.2, 0.25) is 0 Å². The summed E-state index contributed by atoms with van der Waals surface area (Å²) in [5.74, 6) is 0.959. The van der Waals surface area contributed by atoms with E-state index in [9.17, 15) is 9.59 Å². The molecule has 0 saturated heterocycles. The van der Waals surface area contributed by atoms with Gasteiger partial charge in [-0.05, 0) is 41.5 Å². The molecule has 0 N–H and O–H groups in total. The number of ether oxygens (including phenoxy) is 2. The predicted octanol–water partition coefficient (Wildman–Crippen LogP) is 4.63. The molecule has 0 saturated carbocycles. The SMILES string of the molecule is CN(C)C(=O)COc1cccc(C(=O)C=Cc2ccc(OCc3ccccc3)cc2)c1. The Morgan fingerprint density at radius 2 is 1.58 bits per heavy atom. The fourth-order valence-corrected chi connectivity index (χ4v) is 2.70. The van der Waals surface area contributed by atoms with Crippen molar-refractivity contribution in [1.29, 1.82) is 0 Å². The third kappa shape index (κ3) is 6.85. The van der Waals surface area contributed by atoms with E-state index in [1.165, 1.54) is 11.0 Å². The zero-order valence-corrected chi connectivity index (χ0v) is 17.7. The number of allylic oxidation sites excluding steroid dienone is 1. The van der Waals surface area contributed by atoms with E-state index < -0.39 is 0 Å². The highest BCUT2D eigenvalue weighted by molar-refractivity contribution is 6.07. The molecule has 31 heavy (non-hydrogen) atoms. The summed E-state index contributed by atoms with van der Waals surface area (Å²) in [6.45, 7) is 0.437. The minimum Gasteiger partial charge on any atom is -0.489 e. The van der Waals surface area contributed by atoms with Gasteiger partial charge in [-0.15, -0.1) is 0 Å². The van der Waals surface area contributed by atoms with Crippen LogP contribution in [0.25, 0.3) is 6.08 Å². The fourth-order valence-electron chi connectivity index (χ4n) is 2.70. The standard InChI is InChI=1S/C26H25NO4/c1-27(2)26(29)19-31-24-10-6-9-22(17-24)25(28)16-13-20-11-14-23(15-12-20)30-18-21-7-4-3-5-8-21/h3-17H,18-19H2,1-2H3. The number of likely N-dealkylation sites (N-methyl/N-ethyl adjacent to an activating group) is 1. The monoisotopic (exact) mass is 415 g/mol. The Kier molecular flexibility index (Phi) is 7.60. The van der Waals surface area contributed by atoms with Crippen molar-refractivity contribution in [3.63, 3.8) is 0 Å². The minimum absolute atomic E-state index is 0.0703. The van der Waals surface area contributed by atoms with Crippen LogP contribution in [0.1, 0.15) is 21.5 Å². The van der Waals surface area contributed by atoms with E-state index in [0.717, 1.165) is 16.9 Å². The van der Waals surface area contributed by atoms with Crippen molar-refractivity contribution in [3.8, 4) is 11.5 Å². The Hall–Kier alpha value is -3.86. The van der Waals surface area contributed by atoms with Crippen LogP contribution >= 0.6 is 0 Å². The van der Waals surface area contributed by atoms with Crippen molar-refractivity contribution in [3.05, 3.63) is 102 Å². The first kappa shape index (κ1) is 21.8. The summed E-state index contributed by atoms with van der Waals surface area (Å²) in [6, 6.07) is 24.3. The van der Waals surface area contributed by atoms with Crippen LogP contribution in [-0.4, -0.2) is 37.3 Å². The molecule has 158 valence electrons. The molecule has 0 radical (unpaired) electrons. The fraction of sp³-hybridized carbons (Fsp3) is 0.154. The third-order valence-electron chi connectivity index (χ3n) is 4.54. The highest BCUT2D eigenvalue weighted by Crippen LogP contribution is 2.17. The van der Waals surface area contributed by atoms with E-state index in [1.807, 2.05) is 54.6 Å². The molecule has 0 spiro atoms. The molecular weight excluding hydrogens is 390 g/mol. The van der Waals surface area contributed by atoms with Crippen LogP contribution in [0.4, 0.5) is 0 Å². The molecule has 0 aliphatic carbocycles. The van der Waals surface area contributed by atoms with Crippen LogP contribution < -0.4 is 9.47 Å². The average Bonchev–Trinajstić information content (AvgIpc) is 2.81. The molecule has 5 heteroatoms. The van der Waals surface area contributed by atoms with Crippen molar-refractivity contribution in [1.82, 2.24) is 4.90 Å². The molecule has 0 aliphatic rings. The summed E-state index contributed by atoms with van der Waals surface area (Å²) >= 11 is 0. The van der Waals surface area contributed by atoms with Gasteiger partial charge in [-0.3, -0.25) is 9.59 Å². The second-order valence-corrected chi connectivity index (χ2v) is 7.15. The third-order valence-corrected chi connectivity index (χ3v) is 4.54. The van der Waals surface area contributed by atoms with E-state index in [-0.39, 0.29) is 18.3 Å². The lowest BCUT2D eigenvalue weighted by molar-refractivity contribution is -0.130. The van der Waals surface area contributed by atoms with E-state index in [4.69, 9.17) is 9.47 Å². The van der Waals surface area contributed by atoms with Gasteiger partial charge in [-0.2, -0.15) is 0 Å². The van der Waals surface area contributed by atoms with Crippen molar-refractivity contribution >= 4 is 17.8 Å². The zero-order valence-electron chi connectivity index (χ0n) is 17.7. The average molecular weight is 415 g/mol. The number of hydrogen-bond acceptors (Lipinski definition) is 4. The molecule has 0 unspecified atom stereocenters. The Labute approximate surface area is 182 Å². The summed E-state index contributed by atoms with van der Waals surface area (Å²) in [5, 5.41) is 0. The molecule has 0 heterocycles. The van der Waals surface area contributed by atoms with Crippen molar-refractivity contribution in [2.45, 2.75) is 6.61 Å². The maximum absolute atomic E-state index is 12.5. The van der Waals surface area contributed by atoms with Gasteiger partial charge in [0.05, 0.1) is 0 Å². The highest BCUT2D eigenvalue weighted by atomic mass is 16.5. The van der Waals surface area contributed by atoms with Gasteiger partial charge in [-0.1, -0.05) is 60.7 Å². The van der Waals surface area contributed by atoms with Crippen LogP contribution in [-0.2, 0) is 11.4 Å². The Bertz CT molecular complexity index is 1040. The first-order valence-electron chi connectivity index (χ1n) is 9.93. The first-order valence-corrected chi connectivity index (χ1v) is 9.93. The molecule has 3 aromatic rings. The van der Waals surface area contributed by atoms with Gasteiger partial charge >= 0.3 is 0 Å². The summed E-state index contributed by atoms with van der Waals surface area (Å²) < 4.78 is 11.2. The number of amides is 1. The maximum Gasteiger partial charge on any atom is 0.259 e. The van der Waals surface area contributed by atoms with Gasteiger partial charge in [0.1, 0.15) is 18.1 Å². The molecule has 0 atom stereocenters. The molecule has 0 fully saturated rings. The predicted molar refractivity (Wildman–Crippen MR) is 121 cm³/mol. The number of carbonyl (C=O) groups is 2. The van der Waals surface area contributed by atoms with E-state index >= 15 is 0 Å². The molecule has 3 aromatic carbocycles. The van der Waals surface area contributed by atoms with Gasteiger partial charge in [0.15, 0.2) is 12.4 Å². The lowest BCUT2D eigenvalue weighted by atomic mass is 10.1. The molecule has 3 rings (SSSR count). The first-order chi connectivity index (χ1) is 15.0. The van der Waals surface area contributed by atoms with Gasteiger partial charge in [-0.25, -0.2) is 0 Å². The number of hydrogen-bond donors (Lipinski definition) is 0. The van der Waals surface area contributed by atoms with Gasteiger partial charge < -0.3 is 14.4 Å². The molecule has 0 aromatic heterocycles. The maximum atomic E-state index is 12.5. The molecule has 0 aliphatic heterocycles. The van der Waals surface area contributed by atoms with E-state index in [1.54, 1.807) is 44.4 Å². The van der Waals surface area contributed by atoms with Crippen LogP contribution in [0.3, 0.4) is 0 Å². The quantitative estimate of drug-likeness (QED) is 0.378. The molecular formula is C26H25NO4. The number of carbonyl (C=O) groups excluding carboxylic acids is 2. The van der Waals surface area contributed by atoms with Crippen molar-refractivity contribution < 1.29 is 19.1 Å². The van der Waals surface area contributed by atoms with Gasteiger partial charge in [0, 0.05) is 19.7 Å². The Morgan fingerprint density at radius 3 is 2.29 bits per heavy atom. The largest absolute Gasteiger partial charge is 0.489 e. The zero-order chi connectivity index (χ0) is 22.1. The smallest absolute Gasteiger partial charge is 0.259 e. The normalized spacial score (nSPS) is 10.6. The highest BCUT2D eigenvalue weighted by Gasteiger charge is 2.07. The van der Waals surface area contributed by atoms with Crippen molar-refractivity contribution in [2.24, 2.45) is 0 Å². The lowest BCUT2D eigenvalue weighted by Gasteiger charge is -2.11. The molecule has 0 bridgehead atoms. The van der Waals surface area contributed by atoms with Crippen LogP contribution in [0.15, 0.2) is 84.9 Å². The topological polar surface area (TPSA) is 55.8 Å². The number of nitrogens with zero attached hydrogens (tertiary/aromatic N) is 1. The van der Waals surface area contributed by atoms with Crippen LogP contribution in [0, 0.1) is 0 Å². The summed E-state index contributed by atoms with van der Waals surface area (Å²) in [4.78, 5) is 25.6. The Morgan fingerprint density at radius 1 is 0.839 bits per heavy atom. The van der Waals surface area contributed by atoms with Gasteiger partial charge in [0.25, 0.3) is 5.91 Å². The van der Waals surface area contributed by atoms with Crippen LogP contribution in [0.5, 0.6) is 11.5 Å². The lowest BCUT2D eigenvalue weighted by Crippen LogP contribution is -2.27. The number of ketones is 1. The van der Waals surface area contributed by atoms with E-state index in [0.29, 0.717) is 17.9 Å². The summed E-state index contributed by atoms with van der Waals surface area (Å²) in [5.41, 5.74) is 2.49. The molecule has 5 nitrogen and oxygen atoms in total. The second kappa shape index (κ2) is 10.8. The van der Waals surface area contributed by atoms with E-state index in [2.05, 4.69) is 0 Å². The van der Waals surface area contributed by atoms with Gasteiger partial charge in [0.2, 0.25) is 0 Å². The number of rotatable bonds is 9. The summed E-state index contributed by atoms with van der Waals surface area (Å²) in [7, 11) is 3.33. The molecule has 1 amide bonds.